The van der Waals surface area contributed by atoms with Gasteiger partial charge in [0.1, 0.15) is 12.7 Å². The van der Waals surface area contributed by atoms with E-state index in [4.69, 9.17) is 23.8 Å². The van der Waals surface area contributed by atoms with Gasteiger partial charge in [-0.3, -0.25) is 24.4 Å². The number of rotatable bonds is 8. The van der Waals surface area contributed by atoms with Crippen LogP contribution in [0.25, 0.3) is 0 Å². The van der Waals surface area contributed by atoms with E-state index < -0.39 is 60.8 Å². The van der Waals surface area contributed by atoms with Crippen LogP contribution in [0.15, 0.2) is 11.1 Å². The van der Waals surface area contributed by atoms with Crippen LogP contribution in [0.4, 0.5) is 0 Å². The molecule has 2 rings (SSSR count). The first-order valence-electron chi connectivity index (χ1n) is 10.2. The Kier molecular flexibility index (Phi) is 8.23. The third-order valence-corrected chi connectivity index (χ3v) is 5.36. The highest BCUT2D eigenvalue weighted by Gasteiger charge is 2.52. The number of carbonyl (C=O) groups excluding carboxylic acids is 4. The Morgan fingerprint density at radius 2 is 1.56 bits per heavy atom. The van der Waals surface area contributed by atoms with Crippen LogP contribution < -0.4 is 0 Å². The van der Waals surface area contributed by atoms with E-state index in [1.807, 2.05) is 13.8 Å². The second kappa shape index (κ2) is 10.5. The average Bonchev–Trinajstić information content (AvgIpc) is 2.97. The first kappa shape index (κ1) is 25.2. The van der Waals surface area contributed by atoms with E-state index >= 15 is 0 Å². The molecule has 0 spiro atoms. The van der Waals surface area contributed by atoms with Gasteiger partial charge in [0.05, 0.1) is 12.3 Å². The summed E-state index contributed by atoms with van der Waals surface area (Å²) >= 11 is 0. The number of allylic oxidation sites excluding steroid dienone is 2. The van der Waals surface area contributed by atoms with Crippen molar-refractivity contribution in [3.63, 3.8) is 0 Å². The van der Waals surface area contributed by atoms with Gasteiger partial charge in [-0.05, 0) is 20.3 Å². The van der Waals surface area contributed by atoms with Crippen LogP contribution in [0.5, 0.6) is 0 Å². The van der Waals surface area contributed by atoms with Crippen molar-refractivity contribution in [2.75, 3.05) is 6.61 Å². The molecule has 0 bridgehead atoms. The quantitative estimate of drug-likeness (QED) is 0.228. The molecule has 32 heavy (non-hydrogen) atoms. The normalized spacial score (nSPS) is 22.8. The van der Waals surface area contributed by atoms with Gasteiger partial charge in [-0.1, -0.05) is 11.1 Å². The molecule has 0 fully saturated rings. The van der Waals surface area contributed by atoms with E-state index in [9.17, 15) is 24.4 Å². The molecule has 0 aromatic heterocycles. The van der Waals surface area contributed by atoms with E-state index in [-0.39, 0.29) is 0 Å². The molecule has 0 aromatic rings. The van der Waals surface area contributed by atoms with Crippen LogP contribution in [0.2, 0.25) is 0 Å². The van der Waals surface area contributed by atoms with Gasteiger partial charge in [0.25, 0.3) is 0 Å². The minimum absolute atomic E-state index is 0.391. The standard InChI is InChI=1S/C21H29NO10/c1-10-7-16-17(8-11(10)2)22(27)32-19(16)21(31-15(6)26)20(30-14(5)25)18(29-13(4)24)9-28-12(3)23/h16,18-21H,7-9H2,1-6H3/t16?,18-,19+,20+,21-/m1/s1. The summed E-state index contributed by atoms with van der Waals surface area (Å²) in [5.41, 5.74) is 2.56. The molecule has 0 saturated heterocycles. The lowest BCUT2D eigenvalue weighted by Gasteiger charge is -2.36. The summed E-state index contributed by atoms with van der Waals surface area (Å²) in [5.74, 6) is -3.34. The zero-order valence-corrected chi connectivity index (χ0v) is 19.0. The van der Waals surface area contributed by atoms with Gasteiger partial charge < -0.3 is 23.8 Å². The maximum atomic E-state index is 12.5. The SMILES string of the molecule is CC(=O)OC[C@@H](OC(C)=O)[C@H](OC(C)=O)[C@H](OC(C)=O)[C@H]1O[N+]([O-])=C2CC(C)=C(C)CC21. The topological polar surface area (TPSA) is 141 Å². The van der Waals surface area contributed by atoms with Gasteiger partial charge in [-0.2, -0.15) is 0 Å². The van der Waals surface area contributed by atoms with E-state index in [0.29, 0.717) is 23.5 Å². The van der Waals surface area contributed by atoms with Crippen LogP contribution in [0.1, 0.15) is 54.4 Å². The summed E-state index contributed by atoms with van der Waals surface area (Å²) < 4.78 is 21.0. The molecule has 0 amide bonds. The molecular formula is C21H29NO10. The van der Waals surface area contributed by atoms with Gasteiger partial charge in [0.2, 0.25) is 5.71 Å². The molecular weight excluding hydrogens is 426 g/mol. The first-order chi connectivity index (χ1) is 14.9. The number of esters is 4. The number of nitrogens with zero attached hydrogens (tertiary/aromatic N) is 1. The van der Waals surface area contributed by atoms with Crippen molar-refractivity contribution >= 4 is 29.6 Å². The Labute approximate surface area is 185 Å². The first-order valence-corrected chi connectivity index (χ1v) is 10.2. The van der Waals surface area contributed by atoms with E-state index in [0.717, 1.165) is 38.8 Å². The Balaban J connectivity index is 2.47. The highest BCUT2D eigenvalue weighted by Crippen LogP contribution is 2.37. The molecule has 1 heterocycles. The number of carbonyl (C=O) groups is 4. The molecule has 0 aromatic carbocycles. The fraction of sp³-hybridized carbons (Fsp3) is 0.667. The molecule has 0 saturated carbocycles. The summed E-state index contributed by atoms with van der Waals surface area (Å²) in [6.07, 6.45) is -4.18. The van der Waals surface area contributed by atoms with Crippen molar-refractivity contribution < 1.29 is 47.9 Å². The van der Waals surface area contributed by atoms with E-state index in [1.54, 1.807) is 0 Å². The van der Waals surface area contributed by atoms with Crippen molar-refractivity contribution in [1.82, 2.24) is 0 Å². The van der Waals surface area contributed by atoms with Crippen molar-refractivity contribution in [2.24, 2.45) is 5.92 Å². The predicted octanol–water partition coefficient (Wildman–Crippen LogP) is 1.36. The van der Waals surface area contributed by atoms with Crippen LogP contribution >= 0.6 is 0 Å². The smallest absolute Gasteiger partial charge is 0.303 e. The number of ether oxygens (including phenoxy) is 4. The minimum Gasteiger partial charge on any atom is -0.462 e. The lowest BCUT2D eigenvalue weighted by molar-refractivity contribution is -0.743. The van der Waals surface area contributed by atoms with Gasteiger partial charge in [0, 0.05) is 32.6 Å². The lowest BCUT2D eigenvalue weighted by Crippen LogP contribution is -2.54. The van der Waals surface area contributed by atoms with Crippen molar-refractivity contribution in [1.29, 1.82) is 0 Å². The minimum atomic E-state index is -1.40. The monoisotopic (exact) mass is 455 g/mol. The lowest BCUT2D eigenvalue weighted by atomic mass is 9.78. The Morgan fingerprint density at radius 1 is 0.969 bits per heavy atom. The Morgan fingerprint density at radius 3 is 2.09 bits per heavy atom. The third-order valence-electron chi connectivity index (χ3n) is 5.36. The van der Waals surface area contributed by atoms with Crippen LogP contribution in [0.3, 0.4) is 0 Å². The van der Waals surface area contributed by atoms with Crippen molar-refractivity contribution in [3.05, 3.63) is 16.4 Å². The summed E-state index contributed by atoms with van der Waals surface area (Å²) in [4.78, 5) is 52.8. The second-order valence-electron chi connectivity index (χ2n) is 7.97. The highest BCUT2D eigenvalue weighted by molar-refractivity contribution is 5.87. The molecule has 178 valence electrons. The molecule has 0 radical (unpaired) electrons. The number of hydrogen-bond acceptors (Lipinski definition) is 10. The highest BCUT2D eigenvalue weighted by atomic mass is 16.9. The molecule has 11 nitrogen and oxygen atoms in total. The number of hydrogen-bond donors (Lipinski definition) is 0. The molecule has 1 aliphatic heterocycles. The largest absolute Gasteiger partial charge is 0.462 e. The summed E-state index contributed by atoms with van der Waals surface area (Å²) in [6.45, 7) is 7.95. The maximum absolute atomic E-state index is 12.5. The summed E-state index contributed by atoms with van der Waals surface area (Å²) in [5, 5.41) is 12.5. The van der Waals surface area contributed by atoms with Gasteiger partial charge in [-0.25, -0.2) is 0 Å². The van der Waals surface area contributed by atoms with Crippen LogP contribution in [-0.2, 0) is 43.0 Å². The average molecular weight is 455 g/mol. The zero-order chi connectivity index (χ0) is 24.2. The van der Waals surface area contributed by atoms with Gasteiger partial charge >= 0.3 is 23.9 Å². The second-order valence-corrected chi connectivity index (χ2v) is 7.97. The molecule has 5 atom stereocenters. The maximum Gasteiger partial charge on any atom is 0.303 e. The molecule has 0 N–H and O–H groups in total. The van der Waals surface area contributed by atoms with E-state index in [2.05, 4.69) is 0 Å². The number of fused-ring (bicyclic) bond motifs is 1. The Bertz CT molecular complexity index is 846. The van der Waals surface area contributed by atoms with Crippen LogP contribution in [0, 0.1) is 11.1 Å². The van der Waals surface area contributed by atoms with E-state index in [1.165, 1.54) is 0 Å². The van der Waals surface area contributed by atoms with Gasteiger partial charge in [0.15, 0.2) is 18.3 Å². The fourth-order valence-electron chi connectivity index (χ4n) is 3.89. The Hall–Kier alpha value is -3.11. The van der Waals surface area contributed by atoms with Crippen LogP contribution in [-0.4, -0.2) is 65.5 Å². The molecule has 2 aliphatic rings. The van der Waals surface area contributed by atoms with Gasteiger partial charge in [-0.15, -0.1) is 0 Å². The zero-order valence-electron chi connectivity index (χ0n) is 19.0. The van der Waals surface area contributed by atoms with Crippen molar-refractivity contribution in [3.8, 4) is 0 Å². The molecule has 1 unspecified atom stereocenters. The summed E-state index contributed by atoms with van der Waals surface area (Å²) in [7, 11) is 0. The van der Waals surface area contributed by atoms with Crippen molar-refractivity contribution in [2.45, 2.75) is 78.8 Å². The fourth-order valence-corrected chi connectivity index (χ4v) is 3.89. The summed E-state index contributed by atoms with van der Waals surface area (Å²) in [6, 6.07) is 0. The molecule has 1 aliphatic carbocycles. The predicted molar refractivity (Wildman–Crippen MR) is 108 cm³/mol. The third kappa shape index (κ3) is 6.21. The molecule has 11 heteroatoms.